The topological polar surface area (TPSA) is 12.0 Å². The van der Waals surface area contributed by atoms with E-state index in [-0.39, 0.29) is 5.54 Å². The number of hydrogen-bond donors (Lipinski definition) is 1. The molecule has 0 bridgehead atoms. The second-order valence-electron chi connectivity index (χ2n) is 4.93. The number of anilines is 1. The molecule has 0 saturated heterocycles. The molecule has 1 nitrogen and oxygen atoms in total. The lowest BCUT2D eigenvalue weighted by molar-refractivity contribution is -0.137. The van der Waals surface area contributed by atoms with Crippen molar-refractivity contribution < 1.29 is 13.2 Å². The number of alkyl halides is 3. The molecule has 1 aromatic carbocycles. The minimum atomic E-state index is -4.30. The second-order valence-corrected chi connectivity index (χ2v) is 4.93. The van der Waals surface area contributed by atoms with Gasteiger partial charge in [-0.3, -0.25) is 0 Å². The number of halogens is 3. The van der Waals surface area contributed by atoms with Crippen LogP contribution in [0.15, 0.2) is 24.3 Å². The van der Waals surface area contributed by atoms with Crippen LogP contribution in [0.5, 0.6) is 0 Å². The molecule has 0 radical (unpaired) electrons. The summed E-state index contributed by atoms with van der Waals surface area (Å²) in [6.07, 6.45) is -2.28. The average Bonchev–Trinajstić information content (AvgIpc) is 2.13. The van der Waals surface area contributed by atoms with Gasteiger partial charge in [0.1, 0.15) is 0 Å². The van der Waals surface area contributed by atoms with E-state index in [0.717, 1.165) is 17.2 Å². The third-order valence-corrected chi connectivity index (χ3v) is 2.81. The zero-order valence-electron chi connectivity index (χ0n) is 9.94. The van der Waals surface area contributed by atoms with Crippen LogP contribution in [-0.4, -0.2) is 5.54 Å². The monoisotopic (exact) mass is 241 g/mol. The van der Waals surface area contributed by atoms with E-state index >= 15 is 0 Å². The largest absolute Gasteiger partial charge is 0.416 e. The van der Waals surface area contributed by atoms with E-state index in [4.69, 9.17) is 0 Å². The van der Waals surface area contributed by atoms with Crippen LogP contribution >= 0.6 is 0 Å². The van der Waals surface area contributed by atoms with E-state index < -0.39 is 11.7 Å². The Labute approximate surface area is 98.3 Å². The normalized spacial score (nSPS) is 18.1. The van der Waals surface area contributed by atoms with Gasteiger partial charge in [-0.05, 0) is 38.5 Å². The predicted molar refractivity (Wildman–Crippen MR) is 62.8 cm³/mol. The molecular weight excluding hydrogens is 227 g/mol. The summed E-state index contributed by atoms with van der Waals surface area (Å²) in [4.78, 5) is 0. The highest BCUT2D eigenvalue weighted by Crippen LogP contribution is 2.38. The van der Waals surface area contributed by atoms with Crippen molar-refractivity contribution in [1.82, 2.24) is 0 Å². The lowest BCUT2D eigenvalue weighted by atomic mass is 9.90. The lowest BCUT2D eigenvalue weighted by Crippen LogP contribution is -2.31. The van der Waals surface area contributed by atoms with Gasteiger partial charge in [0.15, 0.2) is 0 Å². The number of allylic oxidation sites excluding steroid dienone is 1. The Bertz CT molecular complexity index is 484. The van der Waals surface area contributed by atoms with E-state index in [1.807, 2.05) is 26.8 Å². The van der Waals surface area contributed by atoms with Gasteiger partial charge in [0.25, 0.3) is 0 Å². The second kappa shape index (κ2) is 3.52. The summed E-state index contributed by atoms with van der Waals surface area (Å²) in [5.74, 6) is 0. The SMILES string of the molecule is CC1=CC(C)(C)Nc2cc(C(F)(F)F)ccc21. The molecule has 0 atom stereocenters. The van der Waals surface area contributed by atoms with Crippen LogP contribution in [0.3, 0.4) is 0 Å². The van der Waals surface area contributed by atoms with Gasteiger partial charge in [0.2, 0.25) is 0 Å². The lowest BCUT2D eigenvalue weighted by Gasteiger charge is -2.31. The van der Waals surface area contributed by atoms with Crippen LogP contribution in [-0.2, 0) is 6.18 Å². The molecule has 0 saturated carbocycles. The number of fused-ring (bicyclic) bond motifs is 1. The summed E-state index contributed by atoms with van der Waals surface area (Å²) in [5, 5.41) is 3.10. The highest BCUT2D eigenvalue weighted by atomic mass is 19.4. The van der Waals surface area contributed by atoms with Crippen molar-refractivity contribution in [3.8, 4) is 0 Å². The predicted octanol–water partition coefficient (Wildman–Crippen LogP) is 4.31. The first-order chi connectivity index (χ1) is 7.69. The Morgan fingerprint density at radius 3 is 2.41 bits per heavy atom. The molecule has 1 aliphatic rings. The number of benzene rings is 1. The molecule has 0 fully saturated rings. The van der Waals surface area contributed by atoms with E-state index in [1.54, 1.807) is 0 Å². The first kappa shape index (κ1) is 12.0. The third-order valence-electron chi connectivity index (χ3n) is 2.81. The van der Waals surface area contributed by atoms with Gasteiger partial charge in [0, 0.05) is 11.3 Å². The molecule has 0 unspecified atom stereocenters. The fourth-order valence-corrected chi connectivity index (χ4v) is 2.17. The number of rotatable bonds is 0. The molecule has 1 heterocycles. The highest BCUT2D eigenvalue weighted by Gasteiger charge is 2.32. The molecule has 1 aromatic rings. The van der Waals surface area contributed by atoms with Crippen molar-refractivity contribution in [2.75, 3.05) is 5.32 Å². The summed E-state index contributed by atoms with van der Waals surface area (Å²) < 4.78 is 37.8. The van der Waals surface area contributed by atoms with E-state index in [1.165, 1.54) is 12.1 Å². The average molecular weight is 241 g/mol. The van der Waals surface area contributed by atoms with Crippen molar-refractivity contribution in [1.29, 1.82) is 0 Å². The molecular formula is C13H14F3N. The Kier molecular flexibility index (Phi) is 2.49. The molecule has 0 amide bonds. The quantitative estimate of drug-likeness (QED) is 0.713. The van der Waals surface area contributed by atoms with Crippen molar-refractivity contribution in [2.45, 2.75) is 32.5 Å². The van der Waals surface area contributed by atoms with Gasteiger partial charge in [-0.1, -0.05) is 12.1 Å². The Balaban J connectivity index is 2.52. The van der Waals surface area contributed by atoms with Crippen molar-refractivity contribution >= 4 is 11.3 Å². The Morgan fingerprint density at radius 1 is 1.18 bits per heavy atom. The first-order valence-corrected chi connectivity index (χ1v) is 5.38. The number of nitrogens with one attached hydrogen (secondary N) is 1. The molecule has 1 N–H and O–H groups in total. The van der Waals surface area contributed by atoms with Crippen molar-refractivity contribution in [2.24, 2.45) is 0 Å². The Hall–Kier alpha value is -1.45. The molecule has 4 heteroatoms. The minimum absolute atomic E-state index is 0.318. The van der Waals surface area contributed by atoms with Crippen LogP contribution in [0.25, 0.3) is 5.57 Å². The van der Waals surface area contributed by atoms with E-state index in [9.17, 15) is 13.2 Å². The van der Waals surface area contributed by atoms with Crippen molar-refractivity contribution in [3.63, 3.8) is 0 Å². The summed E-state index contributed by atoms with van der Waals surface area (Å²) in [6, 6.07) is 3.82. The molecule has 1 aliphatic heterocycles. The van der Waals surface area contributed by atoms with Crippen LogP contribution < -0.4 is 5.32 Å². The van der Waals surface area contributed by atoms with Gasteiger partial charge >= 0.3 is 6.18 Å². The fourth-order valence-electron chi connectivity index (χ4n) is 2.17. The highest BCUT2D eigenvalue weighted by molar-refractivity contribution is 5.80. The number of hydrogen-bond acceptors (Lipinski definition) is 1. The maximum absolute atomic E-state index is 12.6. The first-order valence-electron chi connectivity index (χ1n) is 5.38. The molecule has 2 rings (SSSR count). The smallest absolute Gasteiger partial charge is 0.376 e. The maximum Gasteiger partial charge on any atom is 0.416 e. The van der Waals surface area contributed by atoms with Gasteiger partial charge in [0.05, 0.1) is 11.1 Å². The maximum atomic E-state index is 12.6. The van der Waals surface area contributed by atoms with Crippen LogP contribution in [0, 0.1) is 0 Å². The van der Waals surface area contributed by atoms with Crippen molar-refractivity contribution in [3.05, 3.63) is 35.4 Å². The van der Waals surface area contributed by atoms with Crippen LogP contribution in [0.2, 0.25) is 0 Å². The van der Waals surface area contributed by atoms with Gasteiger partial charge < -0.3 is 5.32 Å². The Morgan fingerprint density at radius 2 is 1.82 bits per heavy atom. The molecule has 0 spiro atoms. The van der Waals surface area contributed by atoms with Gasteiger partial charge in [-0.25, -0.2) is 0 Å². The molecule has 0 aliphatic carbocycles. The summed E-state index contributed by atoms with van der Waals surface area (Å²) >= 11 is 0. The minimum Gasteiger partial charge on any atom is -0.376 e. The van der Waals surface area contributed by atoms with Crippen LogP contribution in [0.4, 0.5) is 18.9 Å². The molecule has 0 aromatic heterocycles. The van der Waals surface area contributed by atoms with E-state index in [2.05, 4.69) is 5.32 Å². The summed E-state index contributed by atoms with van der Waals surface area (Å²) in [7, 11) is 0. The fraction of sp³-hybridized carbons (Fsp3) is 0.385. The van der Waals surface area contributed by atoms with Gasteiger partial charge in [-0.15, -0.1) is 0 Å². The standard InChI is InChI=1S/C13H14F3N/c1-8-7-12(2,3)17-11-6-9(13(14,15)16)4-5-10(8)11/h4-7,17H,1-3H3. The molecule has 17 heavy (non-hydrogen) atoms. The zero-order chi connectivity index (χ0) is 12.8. The zero-order valence-corrected chi connectivity index (χ0v) is 9.94. The van der Waals surface area contributed by atoms with Gasteiger partial charge in [-0.2, -0.15) is 13.2 Å². The van der Waals surface area contributed by atoms with Crippen LogP contribution in [0.1, 0.15) is 31.9 Å². The third kappa shape index (κ3) is 2.30. The summed E-state index contributed by atoms with van der Waals surface area (Å²) in [5.41, 5.74) is 1.44. The molecule has 92 valence electrons. The summed E-state index contributed by atoms with van der Waals surface area (Å²) in [6.45, 7) is 5.77. The van der Waals surface area contributed by atoms with E-state index in [0.29, 0.717) is 5.69 Å².